The molecule has 5 heterocycles. The van der Waals surface area contributed by atoms with Crippen molar-refractivity contribution in [1.82, 2.24) is 40.6 Å². The molecule has 0 unspecified atom stereocenters. The molecule has 1 saturated carbocycles. The van der Waals surface area contributed by atoms with E-state index in [-0.39, 0.29) is 60.9 Å². The number of pyridine rings is 1. The Morgan fingerprint density at radius 2 is 1.63 bits per heavy atom. The van der Waals surface area contributed by atoms with Gasteiger partial charge in [0.2, 0.25) is 17.7 Å². The number of benzene rings is 2. The number of aliphatic hydroxyl groups excluding tert-OH is 2. The van der Waals surface area contributed by atoms with Crippen LogP contribution in [0.15, 0.2) is 66.3 Å². The Morgan fingerprint density at radius 3 is 2.21 bits per heavy atom. The van der Waals surface area contributed by atoms with Crippen molar-refractivity contribution in [2.75, 3.05) is 70.4 Å². The maximum Gasteiger partial charge on any atom is 0.253 e. The molecule has 4 aliphatic rings. The van der Waals surface area contributed by atoms with Crippen LogP contribution in [0.25, 0.3) is 10.4 Å². The van der Waals surface area contributed by atoms with E-state index in [1.807, 2.05) is 64.1 Å². The SMILES string of the molecule is Cc1ncsc1-c1ccc([C@H](CO)NC(=O)[C@@H]2C[C@@H](O)CN2C(=O)[C@@H](NC(=O)CN2CCC(CN3CCN(c4ccc(C(=O)N[C@H]5C(C)(C)[C@H](Oc6ccc(C#N)c(Cl)c6)C5(C)C)cn4)CC3)CC2)C(C)(C)C)cc1. The summed E-state index contributed by atoms with van der Waals surface area (Å²) in [5.41, 5.74) is 3.81. The van der Waals surface area contributed by atoms with Gasteiger partial charge in [-0.15, -0.1) is 11.3 Å². The molecule has 17 nitrogen and oxygen atoms in total. The number of hydrogen-bond donors (Lipinski definition) is 5. The summed E-state index contributed by atoms with van der Waals surface area (Å²) in [7, 11) is 0. The van der Waals surface area contributed by atoms with Crippen molar-refractivity contribution in [1.29, 1.82) is 5.26 Å². The largest absolute Gasteiger partial charge is 0.489 e. The summed E-state index contributed by atoms with van der Waals surface area (Å²) in [4.78, 5) is 73.7. The van der Waals surface area contributed by atoms with Gasteiger partial charge in [-0.1, -0.05) is 84.3 Å². The molecule has 3 aliphatic heterocycles. The lowest BCUT2D eigenvalue weighted by Crippen LogP contribution is -2.74. The van der Waals surface area contributed by atoms with E-state index in [9.17, 15) is 34.7 Å². The number of rotatable bonds is 16. The van der Waals surface area contributed by atoms with Gasteiger partial charge in [0.25, 0.3) is 5.91 Å². The van der Waals surface area contributed by atoms with Crippen molar-refractivity contribution < 1.29 is 34.1 Å². The van der Waals surface area contributed by atoms with Crippen molar-refractivity contribution >= 4 is 52.4 Å². The minimum atomic E-state index is -0.979. The summed E-state index contributed by atoms with van der Waals surface area (Å²) in [6, 6.07) is 15.6. The van der Waals surface area contributed by atoms with Gasteiger partial charge in [-0.2, -0.15) is 5.26 Å². The van der Waals surface area contributed by atoms with Gasteiger partial charge in [-0.05, 0) is 79.6 Å². The van der Waals surface area contributed by atoms with Gasteiger partial charge in [-0.3, -0.25) is 29.0 Å². The van der Waals surface area contributed by atoms with Gasteiger partial charge in [-0.25, -0.2) is 9.97 Å². The number of amides is 4. The zero-order valence-corrected chi connectivity index (χ0v) is 46.0. The Kier molecular flexibility index (Phi) is 16.9. The highest BCUT2D eigenvalue weighted by atomic mass is 35.5. The van der Waals surface area contributed by atoms with E-state index in [0.29, 0.717) is 33.4 Å². The first-order valence-electron chi connectivity index (χ1n) is 26.1. The molecule has 19 heteroatoms. The van der Waals surface area contributed by atoms with E-state index in [1.165, 1.54) is 4.90 Å². The number of carbonyl (C=O) groups is 4. The number of nitriles is 1. The summed E-state index contributed by atoms with van der Waals surface area (Å²) < 4.78 is 6.39. The number of β-amino-alcohol motifs (C(OH)–C–C–N with tert-alkyl or cyclic N) is 1. The standard InChI is InChI=1S/C56H73ClN10O7S/c1-34-47(75-33-60-34)37-11-9-36(10-12-37)43(32-68)61-50(72)44-25-40(69)30-67(44)51(73)48(54(2,3)4)62-46(70)31-64-19-17-35(18-20-64)29-65-21-23-66(24-22-65)45-16-14-39(28-59-45)49(71)63-52-55(5,6)53(56(52,7)8)74-41-15-13-38(27-58)42(57)26-41/h9-16,26,28,33,35,40,43-44,48,52-53,68-69H,17-25,29-32H2,1-8H3,(H,61,72)(H,62,70)(H,63,71)/t40-,43+,44+,48-,52-,53-/m1/s1. The zero-order valence-electron chi connectivity index (χ0n) is 44.4. The van der Waals surface area contributed by atoms with E-state index in [2.05, 4.69) is 69.4 Å². The number of piperidine rings is 1. The van der Waals surface area contributed by atoms with Gasteiger partial charge in [0.05, 0.1) is 57.5 Å². The van der Waals surface area contributed by atoms with Crippen LogP contribution in [0, 0.1) is 40.4 Å². The highest BCUT2D eigenvalue weighted by Crippen LogP contribution is 2.55. The predicted octanol–water partition coefficient (Wildman–Crippen LogP) is 5.83. The highest BCUT2D eigenvalue weighted by Gasteiger charge is 2.64. The van der Waals surface area contributed by atoms with Crippen molar-refractivity contribution in [3.05, 3.63) is 93.7 Å². The minimum absolute atomic E-state index is 0.0421. The summed E-state index contributed by atoms with van der Waals surface area (Å²) in [6.45, 7) is 21.5. The van der Waals surface area contributed by atoms with Crippen molar-refractivity contribution in [3.63, 3.8) is 0 Å². The average Bonchev–Trinajstić information content (AvgIpc) is 4.03. The lowest BCUT2D eigenvalue weighted by atomic mass is 9.49. The topological polar surface area (TPSA) is 217 Å². The first kappa shape index (κ1) is 55.5. The van der Waals surface area contributed by atoms with Crippen LogP contribution in [-0.2, 0) is 14.4 Å². The molecule has 1 aliphatic carbocycles. The monoisotopic (exact) mass is 1060 g/mol. The number of nitrogens with one attached hydrogen (secondary N) is 3. The molecule has 0 spiro atoms. The molecule has 0 bridgehead atoms. The second-order valence-electron chi connectivity index (χ2n) is 23.1. The molecule has 4 amide bonds. The molecule has 4 fully saturated rings. The predicted molar refractivity (Wildman–Crippen MR) is 289 cm³/mol. The number of carbonyl (C=O) groups excluding carboxylic acids is 4. The van der Waals surface area contributed by atoms with Gasteiger partial charge in [0, 0.05) is 74.8 Å². The van der Waals surface area contributed by atoms with Crippen LogP contribution in [0.1, 0.15) is 101 Å². The molecule has 402 valence electrons. The van der Waals surface area contributed by atoms with Gasteiger partial charge in [0.1, 0.15) is 35.8 Å². The fraction of sp³-hybridized carbons (Fsp3) is 0.554. The minimum Gasteiger partial charge on any atom is -0.489 e. The van der Waals surface area contributed by atoms with Crippen LogP contribution in [-0.4, -0.2) is 154 Å². The Bertz CT molecular complexity index is 2710. The molecule has 5 N–H and O–H groups in total. The smallest absolute Gasteiger partial charge is 0.253 e. The van der Waals surface area contributed by atoms with E-state index >= 15 is 0 Å². The summed E-state index contributed by atoms with van der Waals surface area (Å²) in [5, 5.41) is 39.8. The lowest BCUT2D eigenvalue weighted by Gasteiger charge is -2.63. The van der Waals surface area contributed by atoms with Crippen LogP contribution < -0.4 is 25.6 Å². The number of thiazole rings is 1. The number of ether oxygens (including phenoxy) is 1. The number of nitrogens with zero attached hydrogens (tertiary/aromatic N) is 7. The molecular formula is C56H73ClN10O7S. The lowest BCUT2D eigenvalue weighted by molar-refractivity contribution is -0.164. The van der Waals surface area contributed by atoms with E-state index in [1.54, 1.807) is 41.2 Å². The molecule has 3 saturated heterocycles. The summed E-state index contributed by atoms with van der Waals surface area (Å²) in [6.07, 6.45) is 2.46. The average molecular weight is 1070 g/mol. The van der Waals surface area contributed by atoms with Gasteiger partial charge in [0.15, 0.2) is 0 Å². The molecule has 75 heavy (non-hydrogen) atoms. The van der Waals surface area contributed by atoms with Crippen molar-refractivity contribution in [2.24, 2.45) is 22.2 Å². The zero-order chi connectivity index (χ0) is 54.0. The van der Waals surface area contributed by atoms with Crippen LogP contribution >= 0.6 is 22.9 Å². The summed E-state index contributed by atoms with van der Waals surface area (Å²) in [5.74, 6) is 0.536. The van der Waals surface area contributed by atoms with Crippen LogP contribution in [0.2, 0.25) is 5.02 Å². The van der Waals surface area contributed by atoms with E-state index < -0.39 is 41.5 Å². The maximum atomic E-state index is 14.3. The fourth-order valence-corrected chi connectivity index (χ4v) is 12.9. The third kappa shape index (κ3) is 12.5. The fourth-order valence-electron chi connectivity index (χ4n) is 11.8. The van der Waals surface area contributed by atoms with E-state index in [0.717, 1.165) is 80.6 Å². The molecule has 2 aromatic carbocycles. The van der Waals surface area contributed by atoms with Gasteiger partial charge >= 0.3 is 0 Å². The Morgan fingerprint density at radius 1 is 0.933 bits per heavy atom. The van der Waals surface area contributed by atoms with E-state index in [4.69, 9.17) is 21.3 Å². The highest BCUT2D eigenvalue weighted by molar-refractivity contribution is 7.13. The second kappa shape index (κ2) is 22.9. The Balaban J connectivity index is 0.763. The number of likely N-dealkylation sites (tertiary alicyclic amines) is 2. The maximum absolute atomic E-state index is 14.3. The van der Waals surface area contributed by atoms with Crippen molar-refractivity contribution in [2.45, 2.75) is 111 Å². The third-order valence-corrected chi connectivity index (χ3v) is 17.1. The van der Waals surface area contributed by atoms with Crippen molar-refractivity contribution in [3.8, 4) is 22.3 Å². The first-order chi connectivity index (χ1) is 35.6. The molecule has 4 aromatic rings. The first-order valence-corrected chi connectivity index (χ1v) is 27.4. The quantitative estimate of drug-likeness (QED) is 0.0895. The molecule has 4 atom stereocenters. The molecule has 0 radical (unpaired) electrons. The number of aryl methyl sites for hydroxylation is 1. The van der Waals surface area contributed by atoms with Crippen LogP contribution in [0.5, 0.6) is 5.75 Å². The normalized spacial score (nSPS) is 22.9. The van der Waals surface area contributed by atoms with Gasteiger partial charge < -0.3 is 40.7 Å². The summed E-state index contributed by atoms with van der Waals surface area (Å²) >= 11 is 7.81. The molecule has 2 aromatic heterocycles. The number of anilines is 1. The number of piperazine rings is 1. The number of aromatic nitrogens is 2. The number of halogens is 1. The van der Waals surface area contributed by atoms with Crippen LogP contribution in [0.4, 0.5) is 5.82 Å². The number of aliphatic hydroxyl groups is 2. The third-order valence-electron chi connectivity index (χ3n) is 15.8. The number of hydrogen-bond acceptors (Lipinski definition) is 14. The molecule has 8 rings (SSSR count). The Hall–Kier alpha value is -5.68. The molecular weight excluding hydrogens is 992 g/mol. The Labute approximate surface area is 450 Å². The second-order valence-corrected chi connectivity index (χ2v) is 24.4. The van der Waals surface area contributed by atoms with Crippen LogP contribution in [0.3, 0.4) is 0 Å².